The summed E-state index contributed by atoms with van der Waals surface area (Å²) in [7, 11) is 0. The fourth-order valence-electron chi connectivity index (χ4n) is 1.66. The van der Waals surface area contributed by atoms with E-state index in [0.29, 0.717) is 25.1 Å². The third-order valence-corrected chi connectivity index (χ3v) is 2.54. The van der Waals surface area contributed by atoms with Crippen LogP contribution >= 0.6 is 0 Å². The summed E-state index contributed by atoms with van der Waals surface area (Å²) in [6, 6.07) is 3.12. The molecule has 0 atom stereocenters. The van der Waals surface area contributed by atoms with Gasteiger partial charge in [-0.2, -0.15) is 0 Å². The van der Waals surface area contributed by atoms with Crippen LogP contribution in [0.25, 0.3) is 0 Å². The molecule has 0 saturated carbocycles. The number of amides is 1. The van der Waals surface area contributed by atoms with E-state index < -0.39 is 11.7 Å². The van der Waals surface area contributed by atoms with Gasteiger partial charge < -0.3 is 15.2 Å². The molecule has 6 heteroatoms. The van der Waals surface area contributed by atoms with Crippen LogP contribution in [0.5, 0.6) is 5.75 Å². The third-order valence-electron chi connectivity index (χ3n) is 2.54. The Kier molecular flexibility index (Phi) is 5.69. The Labute approximate surface area is 124 Å². The van der Waals surface area contributed by atoms with Crippen molar-refractivity contribution in [3.63, 3.8) is 0 Å². The molecule has 1 aromatic rings. The van der Waals surface area contributed by atoms with Crippen LogP contribution in [0.15, 0.2) is 12.1 Å². The van der Waals surface area contributed by atoms with Crippen molar-refractivity contribution in [2.75, 3.05) is 6.54 Å². The molecule has 21 heavy (non-hydrogen) atoms. The number of pyridine rings is 1. The van der Waals surface area contributed by atoms with Gasteiger partial charge in [0.05, 0.1) is 0 Å². The molecule has 0 spiro atoms. The van der Waals surface area contributed by atoms with Crippen molar-refractivity contribution in [1.82, 2.24) is 10.3 Å². The van der Waals surface area contributed by atoms with Crippen molar-refractivity contribution >= 4 is 11.9 Å². The molecule has 2 N–H and O–H groups in total. The summed E-state index contributed by atoms with van der Waals surface area (Å²) < 4.78 is 5.11. The fourth-order valence-corrected chi connectivity index (χ4v) is 1.66. The minimum absolute atomic E-state index is 0.0765. The van der Waals surface area contributed by atoms with Crippen LogP contribution in [-0.4, -0.2) is 34.1 Å². The molecule has 1 amide bonds. The van der Waals surface area contributed by atoms with E-state index in [1.165, 1.54) is 13.0 Å². The topological polar surface area (TPSA) is 88.5 Å². The standard InChI is InChI=1S/C15H22N2O4/c1-10(18)13-12(19)8-7-11(17-13)6-5-9-16-14(20)21-15(2,3)4/h7-8,19H,5-6,9H2,1-4H3,(H,16,20). The van der Waals surface area contributed by atoms with Gasteiger partial charge in [-0.1, -0.05) is 0 Å². The van der Waals surface area contributed by atoms with Crippen LogP contribution in [0.2, 0.25) is 0 Å². The van der Waals surface area contributed by atoms with Crippen LogP contribution in [0.3, 0.4) is 0 Å². The minimum Gasteiger partial charge on any atom is -0.506 e. The fraction of sp³-hybridized carbons (Fsp3) is 0.533. The number of rotatable bonds is 5. The van der Waals surface area contributed by atoms with Gasteiger partial charge in [0.2, 0.25) is 0 Å². The van der Waals surface area contributed by atoms with Crippen LogP contribution in [-0.2, 0) is 11.2 Å². The van der Waals surface area contributed by atoms with E-state index >= 15 is 0 Å². The number of carbonyl (C=O) groups excluding carboxylic acids is 2. The van der Waals surface area contributed by atoms with Gasteiger partial charge in [-0.05, 0) is 45.7 Å². The van der Waals surface area contributed by atoms with E-state index in [4.69, 9.17) is 4.74 Å². The average Bonchev–Trinajstić information content (AvgIpc) is 2.34. The number of aromatic hydroxyl groups is 1. The molecule has 0 aliphatic rings. The van der Waals surface area contributed by atoms with Gasteiger partial charge >= 0.3 is 6.09 Å². The van der Waals surface area contributed by atoms with E-state index in [-0.39, 0.29) is 17.2 Å². The molecule has 1 aromatic heterocycles. The van der Waals surface area contributed by atoms with Crippen molar-refractivity contribution in [3.8, 4) is 5.75 Å². The second-order valence-electron chi connectivity index (χ2n) is 5.76. The molecule has 0 saturated heterocycles. The monoisotopic (exact) mass is 294 g/mol. The number of aryl methyl sites for hydroxylation is 1. The summed E-state index contributed by atoms with van der Waals surface area (Å²) in [4.78, 5) is 26.8. The van der Waals surface area contributed by atoms with E-state index in [1.54, 1.807) is 26.8 Å². The zero-order valence-electron chi connectivity index (χ0n) is 12.9. The van der Waals surface area contributed by atoms with Crippen molar-refractivity contribution in [2.24, 2.45) is 0 Å². The smallest absolute Gasteiger partial charge is 0.407 e. The Morgan fingerprint density at radius 2 is 2.00 bits per heavy atom. The van der Waals surface area contributed by atoms with Gasteiger partial charge in [0.1, 0.15) is 17.0 Å². The maximum Gasteiger partial charge on any atom is 0.407 e. The van der Waals surface area contributed by atoms with E-state index in [0.717, 1.165) is 0 Å². The summed E-state index contributed by atoms with van der Waals surface area (Å²) >= 11 is 0. The van der Waals surface area contributed by atoms with E-state index in [2.05, 4.69) is 10.3 Å². The lowest BCUT2D eigenvalue weighted by molar-refractivity contribution is 0.0527. The highest BCUT2D eigenvalue weighted by Gasteiger charge is 2.15. The average molecular weight is 294 g/mol. The lowest BCUT2D eigenvalue weighted by atomic mass is 10.1. The summed E-state index contributed by atoms with van der Waals surface area (Å²) in [5.41, 5.74) is 0.260. The molecule has 0 fully saturated rings. The second kappa shape index (κ2) is 7.06. The van der Waals surface area contributed by atoms with Crippen molar-refractivity contribution in [3.05, 3.63) is 23.5 Å². The van der Waals surface area contributed by atoms with Gasteiger partial charge in [0.15, 0.2) is 5.78 Å². The van der Waals surface area contributed by atoms with Crippen molar-refractivity contribution < 1.29 is 19.4 Å². The number of ether oxygens (including phenoxy) is 1. The molecule has 0 radical (unpaired) electrons. The molecule has 116 valence electrons. The van der Waals surface area contributed by atoms with Gasteiger partial charge in [0.25, 0.3) is 0 Å². The first-order valence-corrected chi connectivity index (χ1v) is 6.86. The number of hydrogen-bond donors (Lipinski definition) is 2. The number of Topliss-reactive ketones (excluding diaryl/α,β-unsaturated/α-hetero) is 1. The number of aromatic nitrogens is 1. The quantitative estimate of drug-likeness (QED) is 0.643. The lowest BCUT2D eigenvalue weighted by Crippen LogP contribution is -2.33. The molecular formula is C15H22N2O4. The summed E-state index contributed by atoms with van der Waals surface area (Å²) in [5, 5.41) is 12.2. The number of carbonyl (C=O) groups is 2. The summed E-state index contributed by atoms with van der Waals surface area (Å²) in [6.07, 6.45) is 0.802. The molecule has 1 rings (SSSR count). The Hall–Kier alpha value is -2.11. The molecule has 6 nitrogen and oxygen atoms in total. The highest BCUT2D eigenvalue weighted by Crippen LogP contribution is 2.16. The van der Waals surface area contributed by atoms with Crippen molar-refractivity contribution in [2.45, 2.75) is 46.1 Å². The van der Waals surface area contributed by atoms with Gasteiger partial charge in [-0.3, -0.25) is 4.79 Å². The molecule has 0 bridgehead atoms. The number of ketones is 1. The Morgan fingerprint density at radius 1 is 1.33 bits per heavy atom. The Bertz CT molecular complexity index is 521. The minimum atomic E-state index is -0.515. The predicted molar refractivity (Wildman–Crippen MR) is 78.5 cm³/mol. The molecule has 0 aliphatic heterocycles. The second-order valence-corrected chi connectivity index (χ2v) is 5.76. The maximum atomic E-state index is 11.4. The molecule has 0 unspecified atom stereocenters. The normalized spacial score (nSPS) is 11.0. The van der Waals surface area contributed by atoms with Gasteiger partial charge in [-0.15, -0.1) is 0 Å². The highest BCUT2D eigenvalue weighted by molar-refractivity contribution is 5.94. The largest absolute Gasteiger partial charge is 0.506 e. The van der Waals surface area contributed by atoms with Crippen LogP contribution in [0.4, 0.5) is 4.79 Å². The lowest BCUT2D eigenvalue weighted by Gasteiger charge is -2.19. The first-order valence-electron chi connectivity index (χ1n) is 6.86. The molecule has 0 aromatic carbocycles. The molecule has 1 heterocycles. The van der Waals surface area contributed by atoms with E-state index in [1.807, 2.05) is 0 Å². The Balaban J connectivity index is 2.41. The van der Waals surface area contributed by atoms with Gasteiger partial charge in [0, 0.05) is 19.2 Å². The predicted octanol–water partition coefficient (Wildman–Crippen LogP) is 2.45. The maximum absolute atomic E-state index is 11.4. The number of hydrogen-bond acceptors (Lipinski definition) is 5. The van der Waals surface area contributed by atoms with Crippen LogP contribution in [0.1, 0.15) is 50.3 Å². The summed E-state index contributed by atoms with van der Waals surface area (Å²) in [5.74, 6) is -0.389. The first-order chi connectivity index (χ1) is 9.69. The van der Waals surface area contributed by atoms with Gasteiger partial charge in [-0.25, -0.2) is 9.78 Å². The molecular weight excluding hydrogens is 272 g/mol. The zero-order valence-corrected chi connectivity index (χ0v) is 12.9. The van der Waals surface area contributed by atoms with Crippen LogP contribution in [0, 0.1) is 0 Å². The molecule has 0 aliphatic carbocycles. The highest BCUT2D eigenvalue weighted by atomic mass is 16.6. The number of alkyl carbamates (subject to hydrolysis) is 1. The van der Waals surface area contributed by atoms with Crippen LogP contribution < -0.4 is 5.32 Å². The Morgan fingerprint density at radius 3 is 2.57 bits per heavy atom. The summed E-state index contributed by atoms with van der Waals surface area (Å²) in [6.45, 7) is 7.21. The van der Waals surface area contributed by atoms with Crippen molar-refractivity contribution in [1.29, 1.82) is 0 Å². The number of nitrogens with zero attached hydrogens (tertiary/aromatic N) is 1. The SMILES string of the molecule is CC(=O)c1nc(CCCNC(=O)OC(C)(C)C)ccc1O. The van der Waals surface area contributed by atoms with E-state index in [9.17, 15) is 14.7 Å². The zero-order chi connectivity index (χ0) is 16.0. The third kappa shape index (κ3) is 6.25. The number of nitrogens with one attached hydrogen (secondary N) is 1. The first kappa shape index (κ1) is 16.9.